The second kappa shape index (κ2) is 11.0. The van der Waals surface area contributed by atoms with Crippen LogP contribution in [0, 0.1) is 17.0 Å². The van der Waals surface area contributed by atoms with Crippen LogP contribution in [0.3, 0.4) is 0 Å². The van der Waals surface area contributed by atoms with Crippen LogP contribution in [0.4, 0.5) is 11.4 Å². The van der Waals surface area contributed by atoms with Gasteiger partial charge in [0.25, 0.3) is 15.7 Å². The van der Waals surface area contributed by atoms with Crippen molar-refractivity contribution in [1.29, 1.82) is 0 Å². The van der Waals surface area contributed by atoms with Crippen LogP contribution >= 0.6 is 11.8 Å². The number of hydrogen-bond donors (Lipinski definition) is 1. The largest absolute Gasteiger partial charge is 0.354 e. The first-order valence-electron chi connectivity index (χ1n) is 10.1. The Morgan fingerprint density at radius 2 is 1.73 bits per heavy atom. The van der Waals surface area contributed by atoms with Gasteiger partial charge in [-0.15, -0.1) is 11.8 Å². The van der Waals surface area contributed by atoms with Crippen molar-refractivity contribution < 1.29 is 18.1 Å². The lowest BCUT2D eigenvalue weighted by Gasteiger charge is -2.24. The lowest BCUT2D eigenvalue weighted by Crippen LogP contribution is -2.41. The van der Waals surface area contributed by atoms with Crippen LogP contribution in [0.25, 0.3) is 0 Å². The molecule has 8 nitrogen and oxygen atoms in total. The minimum Gasteiger partial charge on any atom is -0.354 e. The van der Waals surface area contributed by atoms with Crippen molar-refractivity contribution >= 4 is 39.1 Å². The van der Waals surface area contributed by atoms with E-state index in [1.165, 1.54) is 30.3 Å². The van der Waals surface area contributed by atoms with E-state index in [-0.39, 0.29) is 16.3 Å². The molecule has 0 radical (unpaired) electrons. The molecule has 0 saturated carbocycles. The van der Waals surface area contributed by atoms with Gasteiger partial charge in [-0.1, -0.05) is 42.0 Å². The predicted molar refractivity (Wildman–Crippen MR) is 129 cm³/mol. The van der Waals surface area contributed by atoms with Gasteiger partial charge >= 0.3 is 0 Å². The zero-order valence-corrected chi connectivity index (χ0v) is 19.5. The Hall–Kier alpha value is -3.37. The number of nitro groups is 1. The van der Waals surface area contributed by atoms with E-state index >= 15 is 0 Å². The van der Waals surface area contributed by atoms with E-state index in [0.717, 1.165) is 20.8 Å². The lowest BCUT2D eigenvalue weighted by atomic mass is 10.2. The van der Waals surface area contributed by atoms with Gasteiger partial charge in [0.15, 0.2) is 0 Å². The molecule has 0 atom stereocenters. The van der Waals surface area contributed by atoms with E-state index < -0.39 is 27.4 Å². The summed E-state index contributed by atoms with van der Waals surface area (Å²) in [7, 11) is -4.12. The van der Waals surface area contributed by atoms with Gasteiger partial charge in [-0.05, 0) is 37.3 Å². The number of sulfonamides is 1. The van der Waals surface area contributed by atoms with E-state index in [2.05, 4.69) is 5.32 Å². The third-order valence-electron chi connectivity index (χ3n) is 4.66. The van der Waals surface area contributed by atoms with Crippen molar-refractivity contribution in [2.45, 2.75) is 16.7 Å². The summed E-state index contributed by atoms with van der Waals surface area (Å²) in [6.45, 7) is 1.84. The maximum absolute atomic E-state index is 13.3. The van der Waals surface area contributed by atoms with Crippen molar-refractivity contribution in [3.05, 3.63) is 94.5 Å². The van der Waals surface area contributed by atoms with Crippen LogP contribution in [-0.4, -0.2) is 38.1 Å². The minimum atomic E-state index is -4.12. The average Bonchev–Trinajstić information content (AvgIpc) is 2.82. The summed E-state index contributed by atoms with van der Waals surface area (Å²) >= 11 is 1.57. The molecule has 0 bridgehead atoms. The zero-order chi connectivity index (χ0) is 23.8. The second-order valence-electron chi connectivity index (χ2n) is 7.11. The molecule has 1 N–H and O–H groups in total. The Kier molecular flexibility index (Phi) is 8.07. The molecular weight excluding hydrogens is 462 g/mol. The number of non-ortho nitro benzene ring substituents is 1. The lowest BCUT2D eigenvalue weighted by molar-refractivity contribution is -0.384. The van der Waals surface area contributed by atoms with Crippen molar-refractivity contribution in [2.24, 2.45) is 0 Å². The molecule has 33 heavy (non-hydrogen) atoms. The summed E-state index contributed by atoms with van der Waals surface area (Å²) in [6, 6.07) is 20.9. The standard InChI is InChI=1S/C23H23N3O5S2/c1-18-10-12-21(13-11-18)32-15-14-24-23(27)17-25(19-6-5-7-20(16-19)26(28)29)33(30,31)22-8-3-2-4-9-22/h2-13,16H,14-15,17H2,1H3,(H,24,27). The SMILES string of the molecule is Cc1ccc(SCCNC(=O)CN(c2cccc([N+](=O)[O-])c2)S(=O)(=O)c2ccccc2)cc1. The molecule has 0 aliphatic rings. The van der Waals surface area contributed by atoms with Crippen LogP contribution in [0.2, 0.25) is 0 Å². The Morgan fingerprint density at radius 3 is 2.39 bits per heavy atom. The van der Waals surface area contributed by atoms with Gasteiger partial charge in [-0.2, -0.15) is 0 Å². The Labute approximate surface area is 196 Å². The molecule has 0 spiro atoms. The normalized spacial score (nSPS) is 11.1. The fraction of sp³-hybridized carbons (Fsp3) is 0.174. The van der Waals surface area contributed by atoms with Gasteiger partial charge in [0.1, 0.15) is 6.54 Å². The summed E-state index contributed by atoms with van der Waals surface area (Å²) in [5.74, 6) is 0.0994. The van der Waals surface area contributed by atoms with Gasteiger partial charge in [-0.25, -0.2) is 8.42 Å². The number of carbonyl (C=O) groups is 1. The number of thioether (sulfide) groups is 1. The summed E-state index contributed by atoms with van der Waals surface area (Å²) < 4.78 is 27.4. The van der Waals surface area contributed by atoms with Crippen LogP contribution in [0.5, 0.6) is 0 Å². The summed E-state index contributed by atoms with van der Waals surface area (Å²) in [6.07, 6.45) is 0. The highest BCUT2D eigenvalue weighted by Gasteiger charge is 2.28. The third-order valence-corrected chi connectivity index (χ3v) is 7.46. The molecule has 3 aromatic rings. The highest BCUT2D eigenvalue weighted by molar-refractivity contribution is 7.99. The van der Waals surface area contributed by atoms with Gasteiger partial charge in [0.05, 0.1) is 15.5 Å². The number of carbonyl (C=O) groups excluding carboxylic acids is 1. The van der Waals surface area contributed by atoms with Crippen molar-refractivity contribution in [2.75, 3.05) is 23.1 Å². The Bertz CT molecular complexity index is 1220. The molecule has 3 rings (SSSR count). The van der Waals surface area contributed by atoms with Gasteiger partial charge in [0, 0.05) is 29.3 Å². The van der Waals surface area contributed by atoms with Crippen LogP contribution in [-0.2, 0) is 14.8 Å². The van der Waals surface area contributed by atoms with E-state index in [0.29, 0.717) is 12.3 Å². The number of aryl methyl sites for hydroxylation is 1. The fourth-order valence-corrected chi connectivity index (χ4v) is 5.18. The topological polar surface area (TPSA) is 110 Å². The highest BCUT2D eigenvalue weighted by Crippen LogP contribution is 2.27. The number of nitrogens with one attached hydrogen (secondary N) is 1. The van der Waals surface area contributed by atoms with Gasteiger partial charge < -0.3 is 5.32 Å². The molecule has 10 heteroatoms. The molecule has 0 aromatic heterocycles. The minimum absolute atomic E-state index is 0.0146. The summed E-state index contributed by atoms with van der Waals surface area (Å²) in [4.78, 5) is 24.2. The van der Waals surface area contributed by atoms with E-state index in [9.17, 15) is 23.3 Å². The summed E-state index contributed by atoms with van der Waals surface area (Å²) in [5.41, 5.74) is 0.932. The smallest absolute Gasteiger partial charge is 0.271 e. The highest BCUT2D eigenvalue weighted by atomic mass is 32.2. The van der Waals surface area contributed by atoms with Gasteiger partial charge in [-0.3, -0.25) is 19.2 Å². The number of amides is 1. The number of rotatable bonds is 10. The molecule has 0 saturated heterocycles. The van der Waals surface area contributed by atoms with Crippen molar-refractivity contribution in [1.82, 2.24) is 5.32 Å². The van der Waals surface area contributed by atoms with Gasteiger partial charge in [0.2, 0.25) is 5.91 Å². The maximum atomic E-state index is 13.3. The van der Waals surface area contributed by atoms with E-state index in [1.807, 2.05) is 31.2 Å². The average molecular weight is 486 g/mol. The Balaban J connectivity index is 1.74. The van der Waals surface area contributed by atoms with Crippen molar-refractivity contribution in [3.8, 4) is 0 Å². The van der Waals surface area contributed by atoms with Crippen LogP contribution < -0.4 is 9.62 Å². The third kappa shape index (κ3) is 6.56. The molecule has 1 amide bonds. The quantitative estimate of drug-likeness (QED) is 0.201. The molecule has 3 aromatic carbocycles. The first-order chi connectivity index (χ1) is 15.8. The van der Waals surface area contributed by atoms with Crippen LogP contribution in [0.15, 0.2) is 88.7 Å². The molecule has 172 valence electrons. The Morgan fingerprint density at radius 1 is 1.03 bits per heavy atom. The summed E-state index contributed by atoms with van der Waals surface area (Å²) in [5, 5.41) is 13.9. The van der Waals surface area contributed by atoms with Crippen molar-refractivity contribution in [3.63, 3.8) is 0 Å². The maximum Gasteiger partial charge on any atom is 0.271 e. The van der Waals surface area contributed by atoms with E-state index in [1.54, 1.807) is 30.0 Å². The first kappa shape index (κ1) is 24.3. The first-order valence-corrected chi connectivity index (χ1v) is 12.5. The molecule has 0 aliphatic carbocycles. The number of benzene rings is 3. The molecular formula is C23H23N3O5S2. The zero-order valence-electron chi connectivity index (χ0n) is 17.9. The predicted octanol–water partition coefficient (Wildman–Crippen LogP) is 4.01. The fourth-order valence-electron chi connectivity index (χ4n) is 2.98. The molecule has 0 heterocycles. The molecule has 0 unspecified atom stereocenters. The number of nitrogens with zero attached hydrogens (tertiary/aromatic N) is 2. The van der Waals surface area contributed by atoms with E-state index in [4.69, 9.17) is 0 Å². The monoisotopic (exact) mass is 485 g/mol. The second-order valence-corrected chi connectivity index (χ2v) is 10.1. The number of hydrogen-bond acceptors (Lipinski definition) is 6. The van der Waals surface area contributed by atoms with Crippen LogP contribution in [0.1, 0.15) is 5.56 Å². The molecule has 0 aliphatic heterocycles. The number of nitro benzene ring substituents is 1. The molecule has 0 fully saturated rings. The number of anilines is 1.